The third kappa shape index (κ3) is 1.47. The molecule has 0 amide bonds. The zero-order valence-electron chi connectivity index (χ0n) is 6.55. The molecule has 0 aromatic rings. The van der Waals surface area contributed by atoms with Gasteiger partial charge in [0.2, 0.25) is 0 Å². The van der Waals surface area contributed by atoms with Gasteiger partial charge in [0, 0.05) is 25.0 Å². The maximum atomic E-state index is 13.0. The molecule has 60 valence electrons. The summed E-state index contributed by atoms with van der Waals surface area (Å²) < 4.78 is 13.0. The van der Waals surface area contributed by atoms with Crippen LogP contribution in [-0.2, 0) is 0 Å². The maximum Gasteiger partial charge on any atom is 0.118 e. The molecule has 0 radical (unpaired) electrons. The highest BCUT2D eigenvalue weighted by molar-refractivity contribution is 4.86. The highest BCUT2D eigenvalue weighted by Gasteiger charge is 2.32. The molecule has 3 atom stereocenters. The topological polar surface area (TPSA) is 29.3 Å². The Kier molecular flexibility index (Phi) is 2.26. The molecule has 1 fully saturated rings. The van der Waals surface area contributed by atoms with Crippen LogP contribution >= 0.6 is 0 Å². The minimum absolute atomic E-state index is 0.0139. The molecule has 0 saturated carbocycles. The van der Waals surface area contributed by atoms with E-state index in [1.54, 1.807) is 0 Å². The van der Waals surface area contributed by atoms with Crippen molar-refractivity contribution in [1.29, 1.82) is 0 Å². The lowest BCUT2D eigenvalue weighted by atomic mass is 10.0. The second-order valence-electron chi connectivity index (χ2n) is 3.26. The second kappa shape index (κ2) is 2.84. The summed E-state index contributed by atoms with van der Waals surface area (Å²) in [5.41, 5.74) is 5.58. The van der Waals surface area contributed by atoms with Crippen LogP contribution in [0.4, 0.5) is 4.39 Å². The van der Waals surface area contributed by atoms with Crippen LogP contribution in [0.15, 0.2) is 0 Å². The highest BCUT2D eigenvalue weighted by Crippen LogP contribution is 2.20. The predicted octanol–water partition coefficient (Wildman–Crippen LogP) is 0.233. The Bertz CT molecular complexity index is 116. The third-order valence-electron chi connectivity index (χ3n) is 2.15. The number of nitrogens with zero attached hydrogens (tertiary/aromatic N) is 1. The van der Waals surface area contributed by atoms with Gasteiger partial charge < -0.3 is 10.6 Å². The largest absolute Gasteiger partial charge is 0.328 e. The fourth-order valence-electron chi connectivity index (χ4n) is 1.48. The smallest absolute Gasteiger partial charge is 0.118 e. The molecule has 0 aromatic carbocycles. The number of halogens is 1. The average Bonchev–Trinajstić information content (AvgIpc) is 2.10. The van der Waals surface area contributed by atoms with Gasteiger partial charge in [-0.3, -0.25) is 0 Å². The summed E-state index contributed by atoms with van der Waals surface area (Å²) in [6.45, 7) is 3.22. The first-order valence-electron chi connectivity index (χ1n) is 3.69. The summed E-state index contributed by atoms with van der Waals surface area (Å²) in [4.78, 5) is 1.98. The molecule has 1 rings (SSSR count). The number of rotatable bonds is 1. The van der Waals surface area contributed by atoms with Crippen molar-refractivity contribution < 1.29 is 4.39 Å². The SMILES string of the molecule is CC(N)C1CN(C)CC1F. The Morgan fingerprint density at radius 3 is 2.40 bits per heavy atom. The molecule has 10 heavy (non-hydrogen) atoms. The molecule has 1 saturated heterocycles. The van der Waals surface area contributed by atoms with Gasteiger partial charge in [-0.2, -0.15) is 0 Å². The van der Waals surface area contributed by atoms with Crippen molar-refractivity contribution >= 4 is 0 Å². The first kappa shape index (κ1) is 7.95. The van der Waals surface area contributed by atoms with Gasteiger partial charge in [0.25, 0.3) is 0 Å². The lowest BCUT2D eigenvalue weighted by Gasteiger charge is -2.15. The summed E-state index contributed by atoms with van der Waals surface area (Å²) in [6, 6.07) is -0.0139. The maximum absolute atomic E-state index is 13.0. The Labute approximate surface area is 61.2 Å². The van der Waals surface area contributed by atoms with Crippen molar-refractivity contribution in [2.75, 3.05) is 20.1 Å². The average molecular weight is 146 g/mol. The van der Waals surface area contributed by atoms with Gasteiger partial charge in [-0.05, 0) is 14.0 Å². The van der Waals surface area contributed by atoms with Gasteiger partial charge in [0.05, 0.1) is 0 Å². The van der Waals surface area contributed by atoms with E-state index in [1.807, 2.05) is 18.9 Å². The zero-order valence-corrected chi connectivity index (χ0v) is 6.55. The lowest BCUT2D eigenvalue weighted by molar-refractivity contribution is 0.258. The lowest BCUT2D eigenvalue weighted by Crippen LogP contribution is -2.33. The first-order valence-corrected chi connectivity index (χ1v) is 3.69. The molecule has 0 aliphatic carbocycles. The quantitative estimate of drug-likeness (QED) is 0.574. The summed E-state index contributed by atoms with van der Waals surface area (Å²) in [7, 11) is 1.93. The standard InChI is InChI=1S/C7H15FN2/c1-5(9)6-3-10(2)4-7(6)8/h5-7H,3-4,9H2,1-2H3. The van der Waals surface area contributed by atoms with Crippen molar-refractivity contribution in [2.24, 2.45) is 11.7 Å². The summed E-state index contributed by atoms with van der Waals surface area (Å²) in [5, 5.41) is 0. The zero-order chi connectivity index (χ0) is 7.72. The highest BCUT2D eigenvalue weighted by atomic mass is 19.1. The molecule has 0 spiro atoms. The number of nitrogens with two attached hydrogens (primary N) is 1. The molecule has 1 aliphatic heterocycles. The minimum Gasteiger partial charge on any atom is -0.328 e. The van der Waals surface area contributed by atoms with E-state index < -0.39 is 6.17 Å². The van der Waals surface area contributed by atoms with Crippen LogP contribution in [0.25, 0.3) is 0 Å². The van der Waals surface area contributed by atoms with Gasteiger partial charge in [-0.1, -0.05) is 0 Å². The molecule has 3 unspecified atom stereocenters. The van der Waals surface area contributed by atoms with Crippen LogP contribution in [0, 0.1) is 5.92 Å². The van der Waals surface area contributed by atoms with E-state index in [4.69, 9.17) is 5.73 Å². The van der Waals surface area contributed by atoms with Crippen LogP contribution in [0.1, 0.15) is 6.92 Å². The minimum atomic E-state index is -0.718. The number of alkyl halides is 1. The van der Waals surface area contributed by atoms with Crippen LogP contribution in [0.5, 0.6) is 0 Å². The fraction of sp³-hybridized carbons (Fsp3) is 1.00. The van der Waals surface area contributed by atoms with Crippen molar-refractivity contribution in [3.05, 3.63) is 0 Å². The van der Waals surface area contributed by atoms with Crippen molar-refractivity contribution in [3.8, 4) is 0 Å². The van der Waals surface area contributed by atoms with E-state index in [2.05, 4.69) is 0 Å². The Balaban J connectivity index is 2.46. The molecule has 1 aliphatic rings. The molecule has 2 nitrogen and oxygen atoms in total. The van der Waals surface area contributed by atoms with Gasteiger partial charge in [-0.25, -0.2) is 4.39 Å². The van der Waals surface area contributed by atoms with Crippen molar-refractivity contribution in [1.82, 2.24) is 4.90 Å². The monoisotopic (exact) mass is 146 g/mol. The third-order valence-corrected chi connectivity index (χ3v) is 2.15. The molecular formula is C7H15FN2. The molecule has 2 N–H and O–H groups in total. The predicted molar refractivity (Wildman–Crippen MR) is 39.5 cm³/mol. The normalized spacial score (nSPS) is 38.4. The molecule has 0 bridgehead atoms. The van der Waals surface area contributed by atoms with Crippen LogP contribution in [-0.4, -0.2) is 37.3 Å². The summed E-state index contributed by atoms with van der Waals surface area (Å²) in [5.74, 6) is 0.0463. The number of likely N-dealkylation sites (tertiary alicyclic amines) is 1. The Hall–Kier alpha value is -0.150. The van der Waals surface area contributed by atoms with Gasteiger partial charge in [-0.15, -0.1) is 0 Å². The summed E-state index contributed by atoms with van der Waals surface area (Å²) >= 11 is 0. The van der Waals surface area contributed by atoms with E-state index in [-0.39, 0.29) is 12.0 Å². The van der Waals surface area contributed by atoms with Crippen LogP contribution in [0.3, 0.4) is 0 Å². The van der Waals surface area contributed by atoms with E-state index in [1.165, 1.54) is 0 Å². The molecule has 1 heterocycles. The van der Waals surface area contributed by atoms with Crippen molar-refractivity contribution in [3.63, 3.8) is 0 Å². The first-order chi connectivity index (χ1) is 4.61. The van der Waals surface area contributed by atoms with Gasteiger partial charge in [0.15, 0.2) is 0 Å². The number of hydrogen-bond acceptors (Lipinski definition) is 2. The Morgan fingerprint density at radius 1 is 1.60 bits per heavy atom. The van der Waals surface area contributed by atoms with Gasteiger partial charge in [0.1, 0.15) is 6.17 Å². The summed E-state index contributed by atoms with van der Waals surface area (Å²) in [6.07, 6.45) is -0.718. The Morgan fingerprint density at radius 2 is 2.20 bits per heavy atom. The number of hydrogen-bond donors (Lipinski definition) is 1. The van der Waals surface area contributed by atoms with E-state index >= 15 is 0 Å². The molecule has 0 aromatic heterocycles. The van der Waals surface area contributed by atoms with Crippen molar-refractivity contribution in [2.45, 2.75) is 19.1 Å². The second-order valence-corrected chi connectivity index (χ2v) is 3.26. The fourth-order valence-corrected chi connectivity index (χ4v) is 1.48. The van der Waals surface area contributed by atoms with Gasteiger partial charge >= 0.3 is 0 Å². The molecule has 3 heteroatoms. The van der Waals surface area contributed by atoms with Crippen LogP contribution in [0.2, 0.25) is 0 Å². The van der Waals surface area contributed by atoms with E-state index in [0.717, 1.165) is 6.54 Å². The molecular weight excluding hydrogens is 131 g/mol. The van der Waals surface area contributed by atoms with E-state index in [9.17, 15) is 4.39 Å². The van der Waals surface area contributed by atoms with Crippen LogP contribution < -0.4 is 5.73 Å². The van der Waals surface area contributed by atoms with E-state index in [0.29, 0.717) is 6.54 Å².